The van der Waals surface area contributed by atoms with E-state index in [4.69, 9.17) is 5.73 Å². The minimum Gasteiger partial charge on any atom is -0.364 e. The molecule has 3 heteroatoms. The first-order chi connectivity index (χ1) is 5.13. The van der Waals surface area contributed by atoms with Gasteiger partial charge in [-0.05, 0) is 31.0 Å². The van der Waals surface area contributed by atoms with Crippen LogP contribution in [0.1, 0.15) is 21.6 Å². The van der Waals surface area contributed by atoms with Crippen molar-refractivity contribution >= 4 is 5.91 Å². The Morgan fingerprint density at radius 2 is 2.18 bits per heavy atom. The fourth-order valence-electron chi connectivity index (χ4n) is 0.881. The molecule has 0 aliphatic carbocycles. The summed E-state index contributed by atoms with van der Waals surface area (Å²) in [5.74, 6) is -0.466. The maximum atomic E-state index is 10.7. The maximum Gasteiger partial charge on any atom is 0.267 e. The molecule has 2 N–H and O–H groups in total. The average Bonchev–Trinajstić information content (AvgIpc) is 1.94. The number of rotatable bonds is 1. The molecule has 58 valence electrons. The molecule has 0 aromatic carbocycles. The molecule has 0 atom stereocenters. The van der Waals surface area contributed by atoms with Gasteiger partial charge in [-0.15, -0.1) is 0 Å². The fourth-order valence-corrected chi connectivity index (χ4v) is 0.881. The molecule has 0 saturated heterocycles. The number of nitrogens with two attached hydrogens (primary N) is 1. The van der Waals surface area contributed by atoms with E-state index in [1.54, 1.807) is 6.20 Å². The topological polar surface area (TPSA) is 56.0 Å². The first-order valence-electron chi connectivity index (χ1n) is 3.35. The van der Waals surface area contributed by atoms with Crippen molar-refractivity contribution in [1.29, 1.82) is 0 Å². The van der Waals surface area contributed by atoms with E-state index in [-0.39, 0.29) is 0 Å². The second-order valence-corrected chi connectivity index (χ2v) is 2.47. The van der Waals surface area contributed by atoms with E-state index in [1.165, 1.54) is 0 Å². The minimum atomic E-state index is -0.466. The summed E-state index contributed by atoms with van der Waals surface area (Å²) in [6, 6.07) is 1.85. The molecular formula is C8H10N2O. The summed E-state index contributed by atoms with van der Waals surface area (Å²) in [5, 5.41) is 0. The fraction of sp³-hybridized carbons (Fsp3) is 0.250. The third kappa shape index (κ3) is 1.37. The van der Waals surface area contributed by atoms with Crippen LogP contribution in [0, 0.1) is 13.8 Å². The first kappa shape index (κ1) is 7.72. The smallest absolute Gasteiger partial charge is 0.267 e. The number of aromatic nitrogens is 1. The van der Waals surface area contributed by atoms with Crippen molar-refractivity contribution in [3.63, 3.8) is 0 Å². The van der Waals surface area contributed by atoms with Crippen molar-refractivity contribution < 1.29 is 4.79 Å². The predicted octanol–water partition coefficient (Wildman–Crippen LogP) is 0.797. The third-order valence-electron chi connectivity index (χ3n) is 1.71. The van der Waals surface area contributed by atoms with Crippen LogP contribution in [0.5, 0.6) is 0 Å². The van der Waals surface area contributed by atoms with Gasteiger partial charge in [0, 0.05) is 6.20 Å². The van der Waals surface area contributed by atoms with Gasteiger partial charge in [-0.3, -0.25) is 9.78 Å². The van der Waals surface area contributed by atoms with Crippen molar-refractivity contribution in [1.82, 2.24) is 4.98 Å². The number of carbonyl (C=O) groups excluding carboxylic acids is 1. The molecule has 0 saturated carbocycles. The molecule has 0 aliphatic rings. The number of hydrogen-bond acceptors (Lipinski definition) is 2. The van der Waals surface area contributed by atoms with Crippen LogP contribution in [-0.2, 0) is 0 Å². The number of primary amides is 1. The Labute approximate surface area is 65.2 Å². The normalized spacial score (nSPS) is 9.64. The lowest BCUT2D eigenvalue weighted by atomic mass is 10.1. The quantitative estimate of drug-likeness (QED) is 0.643. The van der Waals surface area contributed by atoms with Gasteiger partial charge in [-0.25, -0.2) is 0 Å². The lowest BCUT2D eigenvalue weighted by molar-refractivity contribution is 0.0995. The Morgan fingerprint density at radius 3 is 2.64 bits per heavy atom. The molecule has 0 spiro atoms. The van der Waals surface area contributed by atoms with E-state index in [0.717, 1.165) is 11.1 Å². The van der Waals surface area contributed by atoms with Crippen LogP contribution in [0.15, 0.2) is 12.3 Å². The molecule has 3 nitrogen and oxygen atoms in total. The van der Waals surface area contributed by atoms with E-state index < -0.39 is 5.91 Å². The Bertz CT molecular complexity index is 294. The zero-order chi connectivity index (χ0) is 8.43. The summed E-state index contributed by atoms with van der Waals surface area (Å²) < 4.78 is 0. The largest absolute Gasteiger partial charge is 0.364 e. The monoisotopic (exact) mass is 150 g/mol. The lowest BCUT2D eigenvalue weighted by Crippen LogP contribution is -2.15. The van der Waals surface area contributed by atoms with Crippen LogP contribution < -0.4 is 5.73 Å². The van der Waals surface area contributed by atoms with E-state index in [2.05, 4.69) is 4.98 Å². The highest BCUT2D eigenvalue weighted by molar-refractivity contribution is 5.92. The van der Waals surface area contributed by atoms with Crippen molar-refractivity contribution in [2.45, 2.75) is 13.8 Å². The van der Waals surface area contributed by atoms with Crippen molar-refractivity contribution in [2.24, 2.45) is 5.73 Å². The van der Waals surface area contributed by atoms with Crippen molar-refractivity contribution in [3.8, 4) is 0 Å². The molecule has 0 fully saturated rings. The number of aryl methyl sites for hydroxylation is 1. The minimum absolute atomic E-state index is 0.366. The Balaban J connectivity index is 3.27. The van der Waals surface area contributed by atoms with E-state index in [1.807, 2.05) is 19.9 Å². The molecule has 0 aliphatic heterocycles. The summed E-state index contributed by atoms with van der Waals surface area (Å²) >= 11 is 0. The zero-order valence-corrected chi connectivity index (χ0v) is 6.59. The number of amides is 1. The summed E-state index contributed by atoms with van der Waals surface area (Å²) in [6.07, 6.45) is 1.59. The first-order valence-corrected chi connectivity index (χ1v) is 3.35. The molecule has 11 heavy (non-hydrogen) atoms. The van der Waals surface area contributed by atoms with Crippen LogP contribution in [0.2, 0.25) is 0 Å². The molecule has 1 rings (SSSR count). The SMILES string of the molecule is Cc1ccnc(C(N)=O)c1C. The van der Waals surface area contributed by atoms with E-state index in [9.17, 15) is 4.79 Å². The van der Waals surface area contributed by atoms with Crippen LogP contribution >= 0.6 is 0 Å². The van der Waals surface area contributed by atoms with Gasteiger partial charge in [0.25, 0.3) is 5.91 Å². The second-order valence-electron chi connectivity index (χ2n) is 2.47. The number of pyridine rings is 1. The number of carbonyl (C=O) groups is 1. The lowest BCUT2D eigenvalue weighted by Gasteiger charge is -2.01. The van der Waals surface area contributed by atoms with Gasteiger partial charge < -0.3 is 5.73 Å². The van der Waals surface area contributed by atoms with Gasteiger partial charge in [-0.2, -0.15) is 0 Å². The van der Waals surface area contributed by atoms with Gasteiger partial charge in [0.05, 0.1) is 0 Å². The highest BCUT2D eigenvalue weighted by atomic mass is 16.1. The van der Waals surface area contributed by atoms with Gasteiger partial charge in [-0.1, -0.05) is 0 Å². The Kier molecular flexibility index (Phi) is 1.89. The number of hydrogen-bond donors (Lipinski definition) is 1. The van der Waals surface area contributed by atoms with Gasteiger partial charge >= 0.3 is 0 Å². The summed E-state index contributed by atoms with van der Waals surface area (Å²) in [4.78, 5) is 14.6. The van der Waals surface area contributed by atoms with Crippen LogP contribution in [0.25, 0.3) is 0 Å². The molecule has 0 radical (unpaired) electrons. The third-order valence-corrected chi connectivity index (χ3v) is 1.71. The molecular weight excluding hydrogens is 140 g/mol. The highest BCUT2D eigenvalue weighted by Gasteiger charge is 2.06. The van der Waals surface area contributed by atoms with Gasteiger partial charge in [0.1, 0.15) is 5.69 Å². The molecule has 1 aromatic rings. The number of nitrogens with zero attached hydrogens (tertiary/aromatic N) is 1. The summed E-state index contributed by atoms with van der Waals surface area (Å²) in [7, 11) is 0. The van der Waals surface area contributed by atoms with Crippen LogP contribution in [0.3, 0.4) is 0 Å². The maximum absolute atomic E-state index is 10.7. The zero-order valence-electron chi connectivity index (χ0n) is 6.59. The van der Waals surface area contributed by atoms with Gasteiger partial charge in [0.2, 0.25) is 0 Å². The molecule has 1 amide bonds. The van der Waals surface area contributed by atoms with Gasteiger partial charge in [0.15, 0.2) is 0 Å². The second kappa shape index (κ2) is 2.70. The average molecular weight is 150 g/mol. The summed E-state index contributed by atoms with van der Waals surface area (Å²) in [5.41, 5.74) is 7.34. The molecule has 1 heterocycles. The van der Waals surface area contributed by atoms with E-state index in [0.29, 0.717) is 5.69 Å². The Morgan fingerprint density at radius 1 is 1.55 bits per heavy atom. The predicted molar refractivity (Wildman–Crippen MR) is 42.2 cm³/mol. The van der Waals surface area contributed by atoms with Crippen LogP contribution in [-0.4, -0.2) is 10.9 Å². The standard InChI is InChI=1S/C8H10N2O/c1-5-3-4-10-7(6(5)2)8(9)11/h3-4H,1-2H3,(H2,9,11). The molecule has 0 unspecified atom stereocenters. The van der Waals surface area contributed by atoms with Crippen molar-refractivity contribution in [3.05, 3.63) is 29.1 Å². The van der Waals surface area contributed by atoms with E-state index >= 15 is 0 Å². The molecule has 0 bridgehead atoms. The highest BCUT2D eigenvalue weighted by Crippen LogP contribution is 2.08. The molecule has 1 aromatic heterocycles. The van der Waals surface area contributed by atoms with Crippen molar-refractivity contribution in [2.75, 3.05) is 0 Å². The summed E-state index contributed by atoms with van der Waals surface area (Å²) in [6.45, 7) is 3.76. The Hall–Kier alpha value is -1.38. The van der Waals surface area contributed by atoms with Crippen LogP contribution in [0.4, 0.5) is 0 Å².